The van der Waals surface area contributed by atoms with E-state index in [0.29, 0.717) is 5.75 Å². The average molecular weight is 544 g/mol. The zero-order valence-electron chi connectivity index (χ0n) is 15.7. The predicted octanol–water partition coefficient (Wildman–Crippen LogP) is 5.50. The number of hydrogen-bond donors (Lipinski definition) is 1. The number of nitrogens with one attached hydrogen (secondary N) is 1. The van der Waals surface area contributed by atoms with Crippen molar-refractivity contribution in [2.75, 3.05) is 12.9 Å². The van der Waals surface area contributed by atoms with E-state index in [1.54, 1.807) is 25.1 Å². The molecular weight excluding hydrogens is 528 g/mol. The van der Waals surface area contributed by atoms with Gasteiger partial charge >= 0.3 is 0 Å². The molecule has 3 rings (SSSR count). The van der Waals surface area contributed by atoms with Gasteiger partial charge in [-0.25, -0.2) is 5.43 Å². The lowest BCUT2D eigenvalue weighted by Crippen LogP contribution is -2.19. The van der Waals surface area contributed by atoms with Gasteiger partial charge in [0.1, 0.15) is 5.75 Å². The Hall–Kier alpha value is -1.59. The number of amides is 1. The molecule has 3 aromatic rings. The number of carbonyl (C=O) groups excluding carboxylic acids is 1. The number of thioether (sulfide) groups is 2. The zero-order chi connectivity index (χ0) is 21.3. The molecule has 1 amide bonds. The summed E-state index contributed by atoms with van der Waals surface area (Å²) in [6.07, 6.45) is 1.54. The fraction of sp³-hybridized carbons (Fsp3) is 0.158. The standard InChI is InChI=1S/C19H16BrClN4O2S3/c1-27-16-7-4-14(20)8-13(16)9-22-23-17(26)11-29-19-25-24-18(30-19)28-10-12-2-5-15(21)6-3-12/h2-9H,10-11H2,1H3,(H,23,26)/b22-9-. The second-order valence-corrected chi connectivity index (χ2v) is 10.5. The molecule has 156 valence electrons. The molecule has 0 spiro atoms. The molecule has 0 unspecified atom stereocenters. The van der Waals surface area contributed by atoms with E-state index in [9.17, 15) is 4.79 Å². The van der Waals surface area contributed by atoms with E-state index < -0.39 is 0 Å². The van der Waals surface area contributed by atoms with Gasteiger partial charge in [-0.1, -0.05) is 74.5 Å². The minimum atomic E-state index is -0.226. The summed E-state index contributed by atoms with van der Waals surface area (Å²) >= 11 is 13.7. The number of nitrogens with zero attached hydrogens (tertiary/aromatic N) is 3. The second kappa shape index (κ2) is 11.7. The first-order valence-corrected chi connectivity index (χ1v) is 12.5. The molecule has 0 saturated heterocycles. The first-order valence-electron chi connectivity index (χ1n) is 8.52. The Bertz CT molecular complexity index is 1030. The van der Waals surface area contributed by atoms with Crippen LogP contribution in [0.3, 0.4) is 0 Å². The van der Waals surface area contributed by atoms with Crippen LogP contribution in [0.2, 0.25) is 5.02 Å². The lowest BCUT2D eigenvalue weighted by atomic mass is 10.2. The van der Waals surface area contributed by atoms with Crippen molar-refractivity contribution < 1.29 is 9.53 Å². The van der Waals surface area contributed by atoms with Crippen LogP contribution in [0.25, 0.3) is 0 Å². The van der Waals surface area contributed by atoms with Crippen LogP contribution in [0.4, 0.5) is 0 Å². The second-order valence-electron chi connectivity index (χ2n) is 5.72. The van der Waals surface area contributed by atoms with Crippen LogP contribution in [-0.4, -0.2) is 35.2 Å². The van der Waals surface area contributed by atoms with Gasteiger partial charge in [-0.3, -0.25) is 4.79 Å². The molecule has 0 fully saturated rings. The number of ether oxygens (including phenoxy) is 1. The number of hydrazone groups is 1. The number of benzene rings is 2. The van der Waals surface area contributed by atoms with E-state index in [-0.39, 0.29) is 11.7 Å². The summed E-state index contributed by atoms with van der Waals surface area (Å²) in [5, 5.41) is 13.0. The van der Waals surface area contributed by atoms with Crippen LogP contribution in [0.5, 0.6) is 5.75 Å². The zero-order valence-corrected chi connectivity index (χ0v) is 20.5. The molecular formula is C19H16BrClN4O2S3. The first kappa shape index (κ1) is 23.1. The van der Waals surface area contributed by atoms with Crippen molar-refractivity contribution in [2.45, 2.75) is 14.4 Å². The summed E-state index contributed by atoms with van der Waals surface area (Å²) in [4.78, 5) is 12.0. The van der Waals surface area contributed by atoms with Gasteiger partial charge in [-0.05, 0) is 35.9 Å². The third kappa shape index (κ3) is 7.28. The van der Waals surface area contributed by atoms with Crippen molar-refractivity contribution in [3.63, 3.8) is 0 Å². The molecule has 6 nitrogen and oxygen atoms in total. The van der Waals surface area contributed by atoms with E-state index >= 15 is 0 Å². The normalized spacial score (nSPS) is 11.0. The van der Waals surface area contributed by atoms with Gasteiger partial charge in [0, 0.05) is 20.8 Å². The Balaban J connectivity index is 1.44. The topological polar surface area (TPSA) is 76.5 Å². The average Bonchev–Trinajstić information content (AvgIpc) is 3.20. The van der Waals surface area contributed by atoms with Gasteiger partial charge in [0.25, 0.3) is 5.91 Å². The van der Waals surface area contributed by atoms with E-state index in [1.807, 2.05) is 42.5 Å². The number of halogens is 2. The van der Waals surface area contributed by atoms with Crippen LogP contribution < -0.4 is 10.2 Å². The summed E-state index contributed by atoms with van der Waals surface area (Å²) in [7, 11) is 1.58. The summed E-state index contributed by atoms with van der Waals surface area (Å²) in [6, 6.07) is 13.3. The van der Waals surface area contributed by atoms with Gasteiger partial charge in [-0.2, -0.15) is 5.10 Å². The van der Waals surface area contributed by atoms with E-state index in [2.05, 4.69) is 36.7 Å². The third-order valence-corrected chi connectivity index (χ3v) is 7.58. The maximum atomic E-state index is 12.0. The number of carbonyl (C=O) groups is 1. The quantitative estimate of drug-likeness (QED) is 0.218. The highest BCUT2D eigenvalue weighted by Crippen LogP contribution is 2.30. The predicted molar refractivity (Wildman–Crippen MR) is 128 cm³/mol. The smallest absolute Gasteiger partial charge is 0.250 e. The van der Waals surface area contributed by atoms with E-state index in [0.717, 1.165) is 35.1 Å². The van der Waals surface area contributed by atoms with Gasteiger partial charge in [-0.15, -0.1) is 10.2 Å². The highest BCUT2D eigenvalue weighted by Gasteiger charge is 2.09. The Labute approximate surface area is 200 Å². The van der Waals surface area contributed by atoms with Crippen LogP contribution >= 0.6 is 62.4 Å². The van der Waals surface area contributed by atoms with Crippen molar-refractivity contribution in [1.82, 2.24) is 15.6 Å². The fourth-order valence-electron chi connectivity index (χ4n) is 2.18. The Kier molecular flexibility index (Phi) is 9.01. The molecule has 1 aromatic heterocycles. The molecule has 0 bridgehead atoms. The summed E-state index contributed by atoms with van der Waals surface area (Å²) in [5.41, 5.74) is 4.43. The van der Waals surface area contributed by atoms with E-state index in [1.165, 1.54) is 23.1 Å². The molecule has 30 heavy (non-hydrogen) atoms. The van der Waals surface area contributed by atoms with E-state index in [4.69, 9.17) is 16.3 Å². The molecule has 0 aliphatic heterocycles. The summed E-state index contributed by atoms with van der Waals surface area (Å²) in [5.74, 6) is 1.42. The van der Waals surface area contributed by atoms with Gasteiger partial charge in [0.15, 0.2) is 8.68 Å². The Morgan fingerprint density at radius 1 is 1.23 bits per heavy atom. The minimum absolute atomic E-state index is 0.198. The Morgan fingerprint density at radius 3 is 2.70 bits per heavy atom. The van der Waals surface area contributed by atoms with Crippen molar-refractivity contribution in [3.05, 3.63) is 63.1 Å². The minimum Gasteiger partial charge on any atom is -0.496 e. The molecule has 0 atom stereocenters. The third-order valence-electron chi connectivity index (χ3n) is 3.57. The van der Waals surface area contributed by atoms with Crippen molar-refractivity contribution in [3.8, 4) is 5.75 Å². The van der Waals surface area contributed by atoms with Gasteiger partial charge in [0.2, 0.25) is 0 Å². The highest BCUT2D eigenvalue weighted by atomic mass is 79.9. The molecule has 1 N–H and O–H groups in total. The largest absolute Gasteiger partial charge is 0.496 e. The molecule has 1 heterocycles. The number of rotatable bonds is 9. The van der Waals surface area contributed by atoms with Gasteiger partial charge in [0.05, 0.1) is 19.1 Å². The molecule has 0 radical (unpaired) electrons. The van der Waals surface area contributed by atoms with Crippen LogP contribution in [0.15, 0.2) is 60.7 Å². The fourth-order valence-corrected chi connectivity index (χ4v) is 5.45. The molecule has 11 heteroatoms. The monoisotopic (exact) mass is 542 g/mol. The number of aromatic nitrogens is 2. The number of hydrogen-bond acceptors (Lipinski definition) is 8. The molecule has 0 aliphatic rings. The molecule has 2 aromatic carbocycles. The Morgan fingerprint density at radius 2 is 1.97 bits per heavy atom. The highest BCUT2D eigenvalue weighted by molar-refractivity contribution is 9.10. The summed E-state index contributed by atoms with van der Waals surface area (Å²) < 4.78 is 7.76. The number of methoxy groups -OCH3 is 1. The SMILES string of the molecule is COc1ccc(Br)cc1/C=N\NC(=O)CSc1nnc(SCc2ccc(Cl)cc2)s1. The lowest BCUT2D eigenvalue weighted by molar-refractivity contribution is -0.118. The van der Waals surface area contributed by atoms with Crippen LogP contribution in [0.1, 0.15) is 11.1 Å². The van der Waals surface area contributed by atoms with Crippen molar-refractivity contribution in [1.29, 1.82) is 0 Å². The first-order chi connectivity index (χ1) is 14.5. The van der Waals surface area contributed by atoms with Crippen LogP contribution in [0, 0.1) is 0 Å². The van der Waals surface area contributed by atoms with Crippen LogP contribution in [-0.2, 0) is 10.5 Å². The lowest BCUT2D eigenvalue weighted by Gasteiger charge is -2.04. The maximum Gasteiger partial charge on any atom is 0.250 e. The van der Waals surface area contributed by atoms with Crippen molar-refractivity contribution in [2.24, 2.45) is 5.10 Å². The van der Waals surface area contributed by atoms with Crippen molar-refractivity contribution >= 4 is 74.5 Å². The maximum absolute atomic E-state index is 12.0. The van der Waals surface area contributed by atoms with Gasteiger partial charge < -0.3 is 4.74 Å². The molecule has 0 aliphatic carbocycles. The molecule has 0 saturated carbocycles. The summed E-state index contributed by atoms with van der Waals surface area (Å²) in [6.45, 7) is 0.